The van der Waals surface area contributed by atoms with Crippen LogP contribution in [0.25, 0.3) is 0 Å². The molecular formula is C11H15N3O2S. The Balaban J connectivity index is 2.64. The molecule has 0 aromatic heterocycles. The van der Waals surface area contributed by atoms with Gasteiger partial charge in [0.1, 0.15) is 6.04 Å². The van der Waals surface area contributed by atoms with Crippen LogP contribution in [-0.4, -0.2) is 24.2 Å². The van der Waals surface area contributed by atoms with Crippen LogP contribution in [0.4, 0.5) is 10.5 Å². The van der Waals surface area contributed by atoms with E-state index in [1.54, 1.807) is 24.8 Å². The van der Waals surface area contributed by atoms with Gasteiger partial charge in [0.15, 0.2) is 0 Å². The molecule has 0 spiro atoms. The Kier molecular flexibility index (Phi) is 4.84. The first-order valence-electron chi connectivity index (χ1n) is 5.04. The molecule has 0 saturated heterocycles. The number of benzene rings is 1. The summed E-state index contributed by atoms with van der Waals surface area (Å²) in [5.41, 5.74) is 5.63. The number of amides is 3. The van der Waals surface area contributed by atoms with Crippen LogP contribution >= 0.6 is 11.8 Å². The van der Waals surface area contributed by atoms with Gasteiger partial charge in [-0.05, 0) is 31.4 Å². The summed E-state index contributed by atoms with van der Waals surface area (Å²) in [4.78, 5) is 23.3. The lowest BCUT2D eigenvalue weighted by Gasteiger charge is -2.12. The highest BCUT2D eigenvalue weighted by Gasteiger charge is 2.13. The van der Waals surface area contributed by atoms with Crippen molar-refractivity contribution in [3.8, 4) is 0 Å². The summed E-state index contributed by atoms with van der Waals surface area (Å²) in [7, 11) is 0. The fraction of sp³-hybridized carbons (Fsp3) is 0.273. The maximum absolute atomic E-state index is 11.7. The van der Waals surface area contributed by atoms with E-state index in [-0.39, 0.29) is 5.91 Å². The third kappa shape index (κ3) is 4.36. The van der Waals surface area contributed by atoms with E-state index < -0.39 is 12.1 Å². The third-order valence-electron chi connectivity index (χ3n) is 2.09. The van der Waals surface area contributed by atoms with E-state index in [0.29, 0.717) is 5.69 Å². The van der Waals surface area contributed by atoms with Crippen LogP contribution in [0.5, 0.6) is 0 Å². The predicted octanol–water partition coefficient (Wildman–Crippen LogP) is 1.40. The van der Waals surface area contributed by atoms with Gasteiger partial charge in [0, 0.05) is 10.6 Å². The summed E-state index contributed by atoms with van der Waals surface area (Å²) in [6, 6.07) is 6.07. The Morgan fingerprint density at radius 1 is 1.41 bits per heavy atom. The minimum absolute atomic E-state index is 0.304. The van der Waals surface area contributed by atoms with Gasteiger partial charge < -0.3 is 16.4 Å². The number of rotatable bonds is 4. The Bertz CT molecular complexity index is 423. The smallest absolute Gasteiger partial charge is 0.312 e. The monoisotopic (exact) mass is 253 g/mol. The van der Waals surface area contributed by atoms with Crippen LogP contribution in [0.1, 0.15) is 6.92 Å². The molecule has 0 bridgehead atoms. The second-order valence-corrected chi connectivity index (χ2v) is 4.33. The lowest BCUT2D eigenvalue weighted by molar-refractivity contribution is -0.117. The van der Waals surface area contributed by atoms with Crippen molar-refractivity contribution >= 4 is 29.4 Å². The maximum atomic E-state index is 11.7. The van der Waals surface area contributed by atoms with Crippen molar-refractivity contribution in [3.63, 3.8) is 0 Å². The lowest BCUT2D eigenvalue weighted by atomic mass is 10.2. The summed E-state index contributed by atoms with van der Waals surface area (Å²) < 4.78 is 0. The van der Waals surface area contributed by atoms with E-state index in [9.17, 15) is 9.59 Å². The number of nitrogens with two attached hydrogens (primary N) is 1. The second kappa shape index (κ2) is 6.15. The van der Waals surface area contributed by atoms with Gasteiger partial charge in [-0.3, -0.25) is 4.79 Å². The van der Waals surface area contributed by atoms with Gasteiger partial charge >= 0.3 is 6.03 Å². The average molecular weight is 253 g/mol. The zero-order chi connectivity index (χ0) is 12.8. The van der Waals surface area contributed by atoms with Crippen molar-refractivity contribution in [3.05, 3.63) is 24.3 Å². The molecule has 0 saturated carbocycles. The molecule has 1 unspecified atom stereocenters. The number of hydrogen-bond acceptors (Lipinski definition) is 3. The van der Waals surface area contributed by atoms with Crippen LogP contribution in [0.2, 0.25) is 0 Å². The molecule has 0 heterocycles. The molecule has 17 heavy (non-hydrogen) atoms. The number of thioether (sulfide) groups is 1. The average Bonchev–Trinajstić information content (AvgIpc) is 2.28. The maximum Gasteiger partial charge on any atom is 0.312 e. The zero-order valence-corrected chi connectivity index (χ0v) is 10.5. The largest absolute Gasteiger partial charge is 0.352 e. The number of hydrogen-bond donors (Lipinski definition) is 3. The number of primary amides is 1. The Morgan fingerprint density at radius 2 is 2.12 bits per heavy atom. The molecule has 1 atom stereocenters. The van der Waals surface area contributed by atoms with Crippen molar-refractivity contribution in [2.45, 2.75) is 17.9 Å². The van der Waals surface area contributed by atoms with Crippen molar-refractivity contribution < 1.29 is 9.59 Å². The molecule has 6 heteroatoms. The highest BCUT2D eigenvalue weighted by atomic mass is 32.2. The molecule has 0 radical (unpaired) electrons. The summed E-state index contributed by atoms with van der Waals surface area (Å²) in [5.74, 6) is -0.304. The fourth-order valence-electron chi connectivity index (χ4n) is 1.23. The molecule has 1 aromatic rings. The molecule has 1 aromatic carbocycles. The van der Waals surface area contributed by atoms with Crippen LogP contribution in [0, 0.1) is 0 Å². The topological polar surface area (TPSA) is 84.2 Å². The van der Waals surface area contributed by atoms with Gasteiger partial charge in [0.2, 0.25) is 5.91 Å². The van der Waals surface area contributed by atoms with Gasteiger partial charge in [-0.15, -0.1) is 11.8 Å². The summed E-state index contributed by atoms with van der Waals surface area (Å²) in [5, 5.41) is 5.01. The first-order valence-corrected chi connectivity index (χ1v) is 6.26. The van der Waals surface area contributed by atoms with Gasteiger partial charge in [-0.25, -0.2) is 4.79 Å². The predicted molar refractivity (Wildman–Crippen MR) is 69.0 cm³/mol. The molecule has 0 aliphatic heterocycles. The Labute approximate surface area is 104 Å². The first-order chi connectivity index (χ1) is 8.02. The standard InChI is InChI=1S/C11H15N3O2S/c1-7(13-11(12)16)10(15)14-8-4-3-5-9(6-8)17-2/h3-7H,1-2H3,(H,14,15)(H3,12,13,16). The van der Waals surface area contributed by atoms with Crippen LogP contribution in [-0.2, 0) is 4.79 Å². The quantitative estimate of drug-likeness (QED) is 0.709. The van der Waals surface area contributed by atoms with Crippen molar-refractivity contribution in [1.29, 1.82) is 0 Å². The molecule has 0 aliphatic carbocycles. The van der Waals surface area contributed by atoms with E-state index in [2.05, 4.69) is 10.6 Å². The van der Waals surface area contributed by atoms with Crippen molar-refractivity contribution in [2.75, 3.05) is 11.6 Å². The second-order valence-electron chi connectivity index (χ2n) is 3.45. The number of anilines is 1. The number of urea groups is 1. The molecular weight excluding hydrogens is 238 g/mol. The van der Waals surface area contributed by atoms with E-state index in [0.717, 1.165) is 4.90 Å². The number of carbonyl (C=O) groups excluding carboxylic acids is 2. The SMILES string of the molecule is CSc1cccc(NC(=O)C(C)NC(N)=O)c1. The first kappa shape index (κ1) is 13.4. The van der Waals surface area contributed by atoms with Crippen LogP contribution in [0.15, 0.2) is 29.2 Å². The molecule has 0 fully saturated rings. The van der Waals surface area contributed by atoms with Crippen molar-refractivity contribution in [1.82, 2.24) is 5.32 Å². The third-order valence-corrected chi connectivity index (χ3v) is 2.81. The van der Waals surface area contributed by atoms with Gasteiger partial charge in [0.05, 0.1) is 0 Å². The molecule has 92 valence electrons. The van der Waals surface area contributed by atoms with E-state index in [4.69, 9.17) is 5.73 Å². The lowest BCUT2D eigenvalue weighted by Crippen LogP contribution is -2.44. The summed E-state index contributed by atoms with van der Waals surface area (Å²) in [6.07, 6.45) is 1.96. The van der Waals surface area contributed by atoms with E-state index >= 15 is 0 Å². The highest BCUT2D eigenvalue weighted by molar-refractivity contribution is 7.98. The minimum atomic E-state index is -0.717. The van der Waals surface area contributed by atoms with Gasteiger partial charge in [-0.2, -0.15) is 0 Å². The van der Waals surface area contributed by atoms with Crippen LogP contribution < -0.4 is 16.4 Å². The number of nitrogens with one attached hydrogen (secondary N) is 2. The zero-order valence-electron chi connectivity index (χ0n) is 9.69. The Morgan fingerprint density at radius 3 is 2.71 bits per heavy atom. The molecule has 3 amide bonds. The van der Waals surface area contributed by atoms with Gasteiger partial charge in [-0.1, -0.05) is 6.07 Å². The summed E-state index contributed by atoms with van der Waals surface area (Å²) >= 11 is 1.59. The van der Waals surface area contributed by atoms with E-state index in [1.165, 1.54) is 0 Å². The van der Waals surface area contributed by atoms with Crippen molar-refractivity contribution in [2.24, 2.45) is 5.73 Å². The Hall–Kier alpha value is -1.69. The molecule has 0 aliphatic rings. The number of carbonyl (C=O) groups is 2. The van der Waals surface area contributed by atoms with E-state index in [1.807, 2.05) is 24.5 Å². The van der Waals surface area contributed by atoms with Crippen LogP contribution in [0.3, 0.4) is 0 Å². The fourth-order valence-corrected chi connectivity index (χ4v) is 1.69. The normalized spacial score (nSPS) is 11.6. The minimum Gasteiger partial charge on any atom is -0.352 e. The van der Waals surface area contributed by atoms with Gasteiger partial charge in [0.25, 0.3) is 0 Å². The summed E-state index contributed by atoms with van der Waals surface area (Å²) in [6.45, 7) is 1.57. The molecule has 4 N–H and O–H groups in total. The highest BCUT2D eigenvalue weighted by Crippen LogP contribution is 2.18. The molecule has 5 nitrogen and oxygen atoms in total. The molecule has 1 rings (SSSR count).